The van der Waals surface area contributed by atoms with Crippen LogP contribution in [0.2, 0.25) is 0 Å². The van der Waals surface area contributed by atoms with Crippen molar-refractivity contribution in [1.82, 2.24) is 9.97 Å². The van der Waals surface area contributed by atoms with Gasteiger partial charge in [0, 0.05) is 23.6 Å². The minimum absolute atomic E-state index is 0.00423. The number of halogens is 1. The molecule has 9 nitrogen and oxygen atoms in total. The number of rotatable bonds is 8. The second kappa shape index (κ2) is 11.1. The number of methoxy groups -OCH3 is 3. The maximum Gasteiger partial charge on any atom is 0.275 e. The smallest absolute Gasteiger partial charge is 0.275 e. The van der Waals surface area contributed by atoms with Gasteiger partial charge in [0.05, 0.1) is 33.0 Å². The number of nitrogens with one attached hydrogen (secondary N) is 2. The lowest BCUT2D eigenvalue weighted by molar-refractivity contribution is 0.102. The second-order valence-corrected chi connectivity index (χ2v) is 8.54. The molecular formula is C22H19IN4O5S. The molecule has 0 aliphatic rings. The van der Waals surface area contributed by atoms with Crippen molar-refractivity contribution >= 4 is 45.9 Å². The predicted molar refractivity (Wildman–Crippen MR) is 132 cm³/mol. The van der Waals surface area contributed by atoms with E-state index in [0.717, 1.165) is 5.56 Å². The molecule has 0 radical (unpaired) electrons. The highest BCUT2D eigenvalue weighted by atomic mass is 127. The van der Waals surface area contributed by atoms with Crippen LogP contribution < -0.4 is 25.1 Å². The van der Waals surface area contributed by atoms with Gasteiger partial charge in [-0.2, -0.15) is 5.26 Å². The Hall–Kier alpha value is -3.24. The van der Waals surface area contributed by atoms with Gasteiger partial charge in [0.15, 0.2) is 16.7 Å². The molecule has 3 aromatic rings. The SMILES string of the molecule is COc1cc(NC(=O)c2nc(SCc3ccc(C#N)cc3)[nH]c(=O)c2I)cc(OC)c1OC. The summed E-state index contributed by atoms with van der Waals surface area (Å²) >= 11 is 3.07. The molecule has 0 fully saturated rings. The summed E-state index contributed by atoms with van der Waals surface area (Å²) in [6.07, 6.45) is 0. The third kappa shape index (κ3) is 5.77. The number of nitriles is 1. The van der Waals surface area contributed by atoms with E-state index in [1.54, 1.807) is 46.9 Å². The van der Waals surface area contributed by atoms with E-state index in [-0.39, 0.29) is 9.26 Å². The number of anilines is 1. The van der Waals surface area contributed by atoms with Crippen LogP contribution in [0.3, 0.4) is 0 Å². The van der Waals surface area contributed by atoms with Crippen molar-refractivity contribution in [2.45, 2.75) is 10.9 Å². The molecule has 0 aliphatic heterocycles. The van der Waals surface area contributed by atoms with Crippen molar-refractivity contribution in [2.24, 2.45) is 0 Å². The molecule has 170 valence electrons. The van der Waals surface area contributed by atoms with Crippen LogP contribution in [0.4, 0.5) is 5.69 Å². The molecule has 1 aromatic heterocycles. The standard InChI is InChI=1S/C22H19IN4O5S/c1-30-15-8-14(9-16(31-2)19(15)32-3)25-21(29)18-17(23)20(28)27-22(26-18)33-11-13-6-4-12(10-24)5-7-13/h4-9H,11H2,1-3H3,(H,25,29)(H,26,27,28). The molecule has 11 heteroatoms. The van der Waals surface area contributed by atoms with Crippen molar-refractivity contribution in [1.29, 1.82) is 5.26 Å². The zero-order valence-electron chi connectivity index (χ0n) is 17.9. The summed E-state index contributed by atoms with van der Waals surface area (Å²) in [4.78, 5) is 32.4. The van der Waals surface area contributed by atoms with Gasteiger partial charge in [-0.15, -0.1) is 0 Å². The van der Waals surface area contributed by atoms with Crippen LogP contribution in [0.5, 0.6) is 17.2 Å². The molecule has 0 saturated heterocycles. The number of thioether (sulfide) groups is 1. The number of H-pyrrole nitrogens is 1. The Kier molecular flexibility index (Phi) is 8.18. The van der Waals surface area contributed by atoms with Gasteiger partial charge in [0.25, 0.3) is 11.5 Å². The molecule has 0 unspecified atom stereocenters. The maximum atomic E-state index is 13.0. The van der Waals surface area contributed by atoms with Crippen LogP contribution >= 0.6 is 34.4 Å². The van der Waals surface area contributed by atoms with Crippen molar-refractivity contribution in [2.75, 3.05) is 26.6 Å². The van der Waals surface area contributed by atoms with Crippen LogP contribution in [-0.2, 0) is 5.75 Å². The molecule has 1 amide bonds. The fourth-order valence-electron chi connectivity index (χ4n) is 2.83. The molecule has 3 rings (SSSR count). The number of hydrogen-bond acceptors (Lipinski definition) is 8. The van der Waals surface area contributed by atoms with Crippen LogP contribution in [0.25, 0.3) is 0 Å². The number of ether oxygens (including phenoxy) is 3. The fourth-order valence-corrected chi connectivity index (χ4v) is 4.14. The normalized spacial score (nSPS) is 10.3. The number of amides is 1. The minimum Gasteiger partial charge on any atom is -0.493 e. The lowest BCUT2D eigenvalue weighted by atomic mass is 10.2. The van der Waals surface area contributed by atoms with E-state index in [1.807, 2.05) is 12.1 Å². The average Bonchev–Trinajstić information content (AvgIpc) is 2.84. The van der Waals surface area contributed by atoms with E-state index in [1.165, 1.54) is 33.1 Å². The molecule has 0 saturated carbocycles. The summed E-state index contributed by atoms with van der Waals surface area (Å²) in [5.74, 6) is 1.09. The Bertz CT molecular complexity index is 1250. The largest absolute Gasteiger partial charge is 0.493 e. The highest BCUT2D eigenvalue weighted by Crippen LogP contribution is 2.40. The van der Waals surface area contributed by atoms with Crippen molar-refractivity contribution in [3.8, 4) is 23.3 Å². The molecule has 33 heavy (non-hydrogen) atoms. The van der Waals surface area contributed by atoms with Crippen molar-refractivity contribution < 1.29 is 19.0 Å². The van der Waals surface area contributed by atoms with E-state index >= 15 is 0 Å². The molecule has 0 spiro atoms. The van der Waals surface area contributed by atoms with Crippen molar-refractivity contribution in [3.63, 3.8) is 0 Å². The zero-order chi connectivity index (χ0) is 24.0. The van der Waals surface area contributed by atoms with Gasteiger partial charge in [-0.3, -0.25) is 9.59 Å². The topological polar surface area (TPSA) is 126 Å². The van der Waals surface area contributed by atoms with Gasteiger partial charge in [-0.25, -0.2) is 4.98 Å². The van der Waals surface area contributed by atoms with E-state index in [0.29, 0.717) is 39.4 Å². The van der Waals surface area contributed by atoms with Gasteiger partial charge < -0.3 is 24.5 Å². The van der Waals surface area contributed by atoms with Gasteiger partial charge >= 0.3 is 0 Å². The first-order valence-corrected chi connectivity index (χ1v) is 11.5. The second-order valence-electron chi connectivity index (χ2n) is 6.50. The highest BCUT2D eigenvalue weighted by Gasteiger charge is 2.19. The Balaban J connectivity index is 1.83. The zero-order valence-corrected chi connectivity index (χ0v) is 20.9. The Morgan fingerprint density at radius 3 is 2.33 bits per heavy atom. The molecular weight excluding hydrogens is 559 g/mol. The number of aromatic amines is 1. The minimum atomic E-state index is -0.556. The van der Waals surface area contributed by atoms with Crippen LogP contribution in [0.1, 0.15) is 21.6 Å². The quantitative estimate of drug-likeness (QED) is 0.235. The summed E-state index contributed by atoms with van der Waals surface area (Å²) in [5, 5.41) is 11.9. The van der Waals surface area contributed by atoms with Gasteiger partial charge in [-0.05, 0) is 40.3 Å². The monoisotopic (exact) mass is 578 g/mol. The van der Waals surface area contributed by atoms with Crippen LogP contribution in [0, 0.1) is 14.9 Å². The van der Waals surface area contributed by atoms with E-state index in [4.69, 9.17) is 19.5 Å². The molecule has 0 bridgehead atoms. The highest BCUT2D eigenvalue weighted by molar-refractivity contribution is 14.1. The predicted octanol–water partition coefficient (Wildman–Crippen LogP) is 3.82. The fraction of sp³-hybridized carbons (Fsp3) is 0.182. The average molecular weight is 578 g/mol. The van der Waals surface area contributed by atoms with Crippen molar-refractivity contribution in [3.05, 3.63) is 67.1 Å². The summed E-state index contributed by atoms with van der Waals surface area (Å²) in [5.41, 5.74) is 1.48. The first-order valence-electron chi connectivity index (χ1n) is 9.43. The van der Waals surface area contributed by atoms with Crippen LogP contribution in [-0.4, -0.2) is 37.2 Å². The number of carbonyl (C=O) groups excluding carboxylic acids is 1. The molecule has 2 aromatic carbocycles. The lowest BCUT2D eigenvalue weighted by Crippen LogP contribution is -2.23. The first-order chi connectivity index (χ1) is 15.9. The van der Waals surface area contributed by atoms with Crippen LogP contribution in [0.15, 0.2) is 46.3 Å². The number of benzene rings is 2. The Morgan fingerprint density at radius 2 is 1.79 bits per heavy atom. The van der Waals surface area contributed by atoms with Gasteiger partial charge in [-0.1, -0.05) is 23.9 Å². The van der Waals surface area contributed by atoms with E-state index in [2.05, 4.69) is 21.4 Å². The number of aromatic nitrogens is 2. The summed E-state index contributed by atoms with van der Waals surface area (Å²) in [6.45, 7) is 0. The number of carbonyl (C=O) groups is 1. The maximum absolute atomic E-state index is 13.0. The molecule has 2 N–H and O–H groups in total. The third-order valence-electron chi connectivity index (χ3n) is 4.44. The Morgan fingerprint density at radius 1 is 1.15 bits per heavy atom. The van der Waals surface area contributed by atoms with Gasteiger partial charge in [0.2, 0.25) is 5.75 Å². The third-order valence-corrected chi connectivity index (χ3v) is 6.38. The van der Waals surface area contributed by atoms with E-state index in [9.17, 15) is 9.59 Å². The Labute approximate surface area is 207 Å². The molecule has 0 atom stereocenters. The first kappa shape index (κ1) is 24.4. The van der Waals surface area contributed by atoms with E-state index < -0.39 is 11.5 Å². The van der Waals surface area contributed by atoms with Gasteiger partial charge in [0.1, 0.15) is 9.26 Å². The summed E-state index contributed by atoms with van der Waals surface area (Å²) in [7, 11) is 4.43. The summed E-state index contributed by atoms with van der Waals surface area (Å²) < 4.78 is 16.1. The summed E-state index contributed by atoms with van der Waals surface area (Å²) in [6, 6.07) is 12.3. The molecule has 1 heterocycles. The number of hydrogen-bond donors (Lipinski definition) is 2. The number of nitrogens with zero attached hydrogens (tertiary/aromatic N) is 2. The lowest BCUT2D eigenvalue weighted by Gasteiger charge is -2.14. The molecule has 0 aliphatic carbocycles.